The Labute approximate surface area is 303 Å². The first-order valence-electron chi connectivity index (χ1n) is 16.4. The van der Waals surface area contributed by atoms with Crippen molar-refractivity contribution in [1.29, 1.82) is 0 Å². The van der Waals surface area contributed by atoms with Gasteiger partial charge in [0.15, 0.2) is 10.8 Å². The van der Waals surface area contributed by atoms with E-state index in [1.165, 1.54) is 27.7 Å². The van der Waals surface area contributed by atoms with Gasteiger partial charge < -0.3 is 4.57 Å². The first-order valence-corrected chi connectivity index (χ1v) is 19.2. The lowest BCUT2D eigenvalue weighted by atomic mass is 10.1. The van der Waals surface area contributed by atoms with Crippen LogP contribution in [0.15, 0.2) is 149 Å². The fourth-order valence-electron chi connectivity index (χ4n) is 6.39. The molecule has 2 heterocycles. The third kappa shape index (κ3) is 6.64. The summed E-state index contributed by atoms with van der Waals surface area (Å²) >= 11 is 4.95. The van der Waals surface area contributed by atoms with Gasteiger partial charge in [0.2, 0.25) is 5.78 Å². The normalized spacial score (nSPS) is 11.5. The summed E-state index contributed by atoms with van der Waals surface area (Å²) < 4.78 is 3.29. The van der Waals surface area contributed by atoms with E-state index in [1.54, 1.807) is 30.4 Å². The van der Waals surface area contributed by atoms with Crippen LogP contribution in [-0.2, 0) is 18.1 Å². The van der Waals surface area contributed by atoms with Crippen LogP contribution in [0.4, 0.5) is 0 Å². The van der Waals surface area contributed by atoms with Gasteiger partial charge in [-0.1, -0.05) is 97.1 Å². The Balaban J connectivity index is 1.13. The minimum atomic E-state index is -0.0731. The largest absolute Gasteiger partial charge is 0.339 e. The summed E-state index contributed by atoms with van der Waals surface area (Å²) in [6.07, 6.45) is 0. The van der Waals surface area contributed by atoms with Crippen molar-refractivity contribution in [3.8, 4) is 0 Å². The Kier molecular flexibility index (Phi) is 9.11. The van der Waals surface area contributed by atoms with Gasteiger partial charge in [-0.15, -0.1) is 34.9 Å². The highest BCUT2D eigenvalue weighted by molar-refractivity contribution is 7.98. The standard InChI is InChI=1S/C43H32N2O2S3/c1-28(46)41-36-24-35(48-26-30-9-3-2-4-10-30)21-22-38(36)45(39(41)27-49-34-20-19-31-11-5-6-12-33(31)23-34)25-29-15-17-32(18-16-29)42(47)43-44-37-13-7-8-14-40(37)50-43/h2-24H,25-27H2,1H3. The van der Waals surface area contributed by atoms with Crippen molar-refractivity contribution in [3.63, 3.8) is 0 Å². The first kappa shape index (κ1) is 32.3. The number of thioether (sulfide) groups is 2. The smallest absolute Gasteiger partial charge is 0.221 e. The number of hydrogen-bond acceptors (Lipinski definition) is 6. The van der Waals surface area contributed by atoms with Crippen LogP contribution in [0, 0.1) is 0 Å². The van der Waals surface area contributed by atoms with E-state index in [1.807, 2.05) is 54.6 Å². The molecule has 8 aromatic rings. The number of carbonyl (C=O) groups is 2. The Morgan fingerprint density at radius 3 is 2.18 bits per heavy atom. The third-order valence-corrected chi connectivity index (χ3v) is 12.0. The number of rotatable bonds is 11. The Bertz CT molecular complexity index is 2480. The molecule has 0 unspecified atom stereocenters. The molecule has 0 N–H and O–H groups in total. The minimum Gasteiger partial charge on any atom is -0.339 e. The molecule has 50 heavy (non-hydrogen) atoms. The van der Waals surface area contributed by atoms with Crippen molar-refractivity contribution in [2.45, 2.75) is 34.8 Å². The molecule has 0 fully saturated rings. The maximum absolute atomic E-state index is 13.5. The van der Waals surface area contributed by atoms with Crippen LogP contribution in [-0.4, -0.2) is 21.1 Å². The predicted octanol–water partition coefficient (Wildman–Crippen LogP) is 11.5. The number of para-hydroxylation sites is 1. The van der Waals surface area contributed by atoms with Crippen LogP contribution in [0.25, 0.3) is 31.9 Å². The summed E-state index contributed by atoms with van der Waals surface area (Å²) in [6, 6.07) is 47.5. The number of ketones is 2. The lowest BCUT2D eigenvalue weighted by Crippen LogP contribution is -2.07. The number of hydrogen-bond donors (Lipinski definition) is 0. The molecule has 0 amide bonds. The molecule has 0 saturated carbocycles. The minimum absolute atomic E-state index is 0.0600. The molecule has 0 spiro atoms. The van der Waals surface area contributed by atoms with Crippen LogP contribution in [0.5, 0.6) is 0 Å². The van der Waals surface area contributed by atoms with Gasteiger partial charge in [0.25, 0.3) is 0 Å². The number of nitrogens with zero attached hydrogens (tertiary/aromatic N) is 2. The van der Waals surface area contributed by atoms with Crippen LogP contribution < -0.4 is 0 Å². The summed E-state index contributed by atoms with van der Waals surface area (Å²) in [5, 5.41) is 3.88. The SMILES string of the molecule is CC(=O)c1c(CSc2ccc3ccccc3c2)n(Cc2ccc(C(=O)c3nc4ccccc4s3)cc2)c2ccc(SCc3ccccc3)cc12. The van der Waals surface area contributed by atoms with Crippen molar-refractivity contribution in [2.75, 3.05) is 0 Å². The van der Waals surface area contributed by atoms with Crippen LogP contribution >= 0.6 is 34.9 Å². The molecule has 0 atom stereocenters. The fourth-order valence-corrected chi connectivity index (χ4v) is 9.18. The molecule has 6 aromatic carbocycles. The number of carbonyl (C=O) groups excluding carboxylic acids is 2. The summed E-state index contributed by atoms with van der Waals surface area (Å²) in [5.41, 5.74) is 6.58. The van der Waals surface area contributed by atoms with Gasteiger partial charge in [0.05, 0.1) is 10.2 Å². The zero-order valence-corrected chi connectivity index (χ0v) is 29.8. The monoisotopic (exact) mass is 704 g/mol. The van der Waals surface area contributed by atoms with Gasteiger partial charge in [-0.3, -0.25) is 9.59 Å². The molecule has 0 saturated heterocycles. The predicted molar refractivity (Wildman–Crippen MR) is 210 cm³/mol. The molecule has 0 aliphatic rings. The van der Waals surface area contributed by atoms with Crippen LogP contribution in [0.1, 0.15) is 49.5 Å². The third-order valence-electron chi connectivity index (χ3n) is 8.88. The van der Waals surface area contributed by atoms with Gasteiger partial charge in [0, 0.05) is 55.6 Å². The lowest BCUT2D eigenvalue weighted by Gasteiger charge is -2.13. The van der Waals surface area contributed by atoms with E-state index < -0.39 is 0 Å². The number of Topliss-reactive ketones (excluding diaryl/α,β-unsaturated/α-hetero) is 1. The van der Waals surface area contributed by atoms with Crippen molar-refractivity contribution in [1.82, 2.24) is 9.55 Å². The molecule has 244 valence electrons. The van der Waals surface area contributed by atoms with Crippen molar-refractivity contribution < 1.29 is 9.59 Å². The van der Waals surface area contributed by atoms with E-state index >= 15 is 0 Å². The molecule has 4 nitrogen and oxygen atoms in total. The van der Waals surface area contributed by atoms with Crippen molar-refractivity contribution in [3.05, 3.63) is 172 Å². The molecule has 8 rings (SSSR count). The molecular formula is C43H32N2O2S3. The molecule has 0 aliphatic heterocycles. The number of benzene rings is 6. The Hall–Kier alpha value is -4.95. The summed E-state index contributed by atoms with van der Waals surface area (Å²) in [6.45, 7) is 2.25. The highest BCUT2D eigenvalue weighted by Crippen LogP contribution is 2.36. The van der Waals surface area contributed by atoms with Crippen LogP contribution in [0.2, 0.25) is 0 Å². The second-order valence-corrected chi connectivity index (χ2v) is 15.4. The van der Waals surface area contributed by atoms with E-state index in [0.29, 0.717) is 22.9 Å². The van der Waals surface area contributed by atoms with E-state index in [0.717, 1.165) is 53.5 Å². The maximum Gasteiger partial charge on any atom is 0.221 e. The second-order valence-electron chi connectivity index (χ2n) is 12.2. The van der Waals surface area contributed by atoms with Crippen molar-refractivity contribution >= 4 is 78.3 Å². The summed E-state index contributed by atoms with van der Waals surface area (Å²) in [4.78, 5) is 33.7. The summed E-state index contributed by atoms with van der Waals surface area (Å²) in [7, 11) is 0. The van der Waals surface area contributed by atoms with Gasteiger partial charge >= 0.3 is 0 Å². The Morgan fingerprint density at radius 2 is 1.38 bits per heavy atom. The van der Waals surface area contributed by atoms with E-state index in [4.69, 9.17) is 0 Å². The molecule has 0 aliphatic carbocycles. The molecular weight excluding hydrogens is 673 g/mol. The zero-order chi connectivity index (χ0) is 34.0. The quantitative estimate of drug-likeness (QED) is 0.0991. The van der Waals surface area contributed by atoms with Crippen molar-refractivity contribution in [2.24, 2.45) is 0 Å². The van der Waals surface area contributed by atoms with Crippen LogP contribution in [0.3, 0.4) is 0 Å². The number of fused-ring (bicyclic) bond motifs is 3. The number of aromatic nitrogens is 2. The first-order chi connectivity index (χ1) is 24.5. The van der Waals surface area contributed by atoms with Gasteiger partial charge in [0.1, 0.15) is 0 Å². The maximum atomic E-state index is 13.5. The van der Waals surface area contributed by atoms with E-state index in [2.05, 4.69) is 94.5 Å². The highest BCUT2D eigenvalue weighted by Gasteiger charge is 2.22. The van der Waals surface area contributed by atoms with E-state index in [-0.39, 0.29) is 11.6 Å². The lowest BCUT2D eigenvalue weighted by molar-refractivity contribution is 0.101. The number of thiazole rings is 1. The molecule has 0 radical (unpaired) electrons. The second kappa shape index (κ2) is 14.1. The Morgan fingerprint density at radius 1 is 0.680 bits per heavy atom. The van der Waals surface area contributed by atoms with Gasteiger partial charge in [-0.2, -0.15) is 0 Å². The van der Waals surface area contributed by atoms with Gasteiger partial charge in [-0.25, -0.2) is 4.98 Å². The zero-order valence-electron chi connectivity index (χ0n) is 27.3. The highest BCUT2D eigenvalue weighted by atomic mass is 32.2. The molecule has 0 bridgehead atoms. The topological polar surface area (TPSA) is 52.0 Å². The average molecular weight is 705 g/mol. The fraction of sp³-hybridized carbons (Fsp3) is 0.0930. The molecule has 7 heteroatoms. The van der Waals surface area contributed by atoms with E-state index in [9.17, 15) is 9.59 Å². The van der Waals surface area contributed by atoms with Gasteiger partial charge in [-0.05, 0) is 71.3 Å². The average Bonchev–Trinajstić information content (AvgIpc) is 3.72. The summed E-state index contributed by atoms with van der Waals surface area (Å²) in [5.74, 6) is 1.48. The molecule has 2 aromatic heterocycles.